The minimum atomic E-state index is -2.93. The van der Waals surface area contributed by atoms with Crippen molar-refractivity contribution in [3.8, 4) is 11.5 Å². The van der Waals surface area contributed by atoms with Crippen LogP contribution in [0.25, 0.3) is 0 Å². The Balaban J connectivity index is 1.88. The average Bonchev–Trinajstić information content (AvgIpc) is 2.61. The predicted octanol–water partition coefficient (Wildman–Crippen LogP) is 3.63. The third-order valence-electron chi connectivity index (χ3n) is 3.28. The summed E-state index contributed by atoms with van der Waals surface area (Å²) in [7, 11) is 1.58. The fourth-order valence-corrected chi connectivity index (χ4v) is 2.12. The second kappa shape index (κ2) is 10.2. The lowest BCUT2D eigenvalue weighted by Crippen LogP contribution is -2.28. The molecule has 0 radical (unpaired) electrons. The maximum absolute atomic E-state index is 12.4. The molecule has 2 N–H and O–H groups in total. The van der Waals surface area contributed by atoms with Crippen molar-refractivity contribution in [3.63, 3.8) is 0 Å². The first-order valence-corrected chi connectivity index (χ1v) is 7.88. The Hall–Kier alpha value is -2.87. The summed E-state index contributed by atoms with van der Waals surface area (Å²) < 4.78 is 39.6. The molecule has 0 bridgehead atoms. The van der Waals surface area contributed by atoms with E-state index in [1.807, 2.05) is 0 Å². The molecule has 0 aliphatic rings. The molecule has 0 fully saturated rings. The Morgan fingerprint density at radius 2 is 1.92 bits per heavy atom. The Labute approximate surface area is 150 Å². The van der Waals surface area contributed by atoms with Crippen molar-refractivity contribution in [2.45, 2.75) is 13.2 Å². The number of ether oxygens (including phenoxy) is 3. The van der Waals surface area contributed by atoms with Gasteiger partial charge in [0.15, 0.2) is 0 Å². The van der Waals surface area contributed by atoms with Gasteiger partial charge in [0.1, 0.15) is 18.1 Å². The van der Waals surface area contributed by atoms with E-state index in [2.05, 4.69) is 15.4 Å². The highest BCUT2D eigenvalue weighted by Gasteiger charge is 2.10. The summed E-state index contributed by atoms with van der Waals surface area (Å²) in [6.45, 7) is -2.03. The normalized spacial score (nSPS) is 10.5. The van der Waals surface area contributed by atoms with E-state index in [-0.39, 0.29) is 12.3 Å². The molecule has 2 aromatic carbocycles. The number of urea groups is 1. The quantitative estimate of drug-likeness (QED) is 0.665. The molecule has 26 heavy (non-hydrogen) atoms. The third kappa shape index (κ3) is 6.56. The number of carbonyl (C=O) groups is 1. The van der Waals surface area contributed by atoms with Crippen molar-refractivity contribution in [1.29, 1.82) is 0 Å². The number of rotatable bonds is 9. The highest BCUT2D eigenvalue weighted by molar-refractivity contribution is 5.89. The summed E-state index contributed by atoms with van der Waals surface area (Å²) in [5.74, 6) is 0.617. The topological polar surface area (TPSA) is 68.8 Å². The standard InChI is InChI=1S/C18H20F2N2O4/c1-24-9-10-25-15-7-4-6-14(11-15)22-18(23)21-12-13-5-2-3-8-16(13)26-17(19)20/h2-8,11,17H,9-10,12H2,1H3,(H2,21,22,23). The van der Waals surface area contributed by atoms with Gasteiger partial charge in [0.2, 0.25) is 0 Å². The molecule has 0 unspecified atom stereocenters. The van der Waals surface area contributed by atoms with Crippen LogP contribution in [0.15, 0.2) is 48.5 Å². The summed E-state index contributed by atoms with van der Waals surface area (Å²) in [6, 6.07) is 12.7. The van der Waals surface area contributed by atoms with Gasteiger partial charge in [-0.05, 0) is 18.2 Å². The number of para-hydroxylation sites is 1. The van der Waals surface area contributed by atoms with E-state index >= 15 is 0 Å². The molecule has 2 rings (SSSR count). The van der Waals surface area contributed by atoms with Crippen LogP contribution in [-0.2, 0) is 11.3 Å². The molecule has 0 atom stereocenters. The minimum absolute atomic E-state index is 0.0244. The molecule has 6 nitrogen and oxygen atoms in total. The summed E-state index contributed by atoms with van der Waals surface area (Å²) in [5.41, 5.74) is 0.981. The Bertz CT molecular complexity index is 713. The molecule has 0 saturated carbocycles. The zero-order chi connectivity index (χ0) is 18.8. The zero-order valence-corrected chi connectivity index (χ0v) is 14.2. The van der Waals surface area contributed by atoms with Gasteiger partial charge in [-0.15, -0.1) is 0 Å². The molecule has 0 aromatic heterocycles. The van der Waals surface area contributed by atoms with Crippen LogP contribution in [-0.4, -0.2) is 33.0 Å². The maximum atomic E-state index is 12.4. The van der Waals surface area contributed by atoms with Gasteiger partial charge in [0, 0.05) is 31.0 Å². The van der Waals surface area contributed by atoms with Gasteiger partial charge < -0.3 is 24.8 Å². The smallest absolute Gasteiger partial charge is 0.387 e. The number of methoxy groups -OCH3 is 1. The van der Waals surface area contributed by atoms with E-state index in [0.717, 1.165) is 0 Å². The zero-order valence-electron chi connectivity index (χ0n) is 14.2. The van der Waals surface area contributed by atoms with E-state index in [1.54, 1.807) is 49.6 Å². The number of nitrogens with one attached hydrogen (secondary N) is 2. The van der Waals surface area contributed by atoms with E-state index in [0.29, 0.717) is 30.2 Å². The van der Waals surface area contributed by atoms with Crippen LogP contribution < -0.4 is 20.1 Å². The number of halogens is 2. The van der Waals surface area contributed by atoms with Crippen LogP contribution in [0.4, 0.5) is 19.3 Å². The van der Waals surface area contributed by atoms with Crippen LogP contribution in [0, 0.1) is 0 Å². The summed E-state index contributed by atoms with van der Waals surface area (Å²) in [4.78, 5) is 12.0. The molecular formula is C18H20F2N2O4. The lowest BCUT2D eigenvalue weighted by Gasteiger charge is -2.12. The molecule has 2 aromatic rings. The number of alkyl halides is 2. The third-order valence-corrected chi connectivity index (χ3v) is 3.28. The number of anilines is 1. The molecule has 2 amide bonds. The van der Waals surface area contributed by atoms with Crippen molar-refractivity contribution < 1.29 is 27.8 Å². The van der Waals surface area contributed by atoms with Crippen molar-refractivity contribution in [1.82, 2.24) is 5.32 Å². The van der Waals surface area contributed by atoms with Crippen molar-refractivity contribution in [2.24, 2.45) is 0 Å². The second-order valence-electron chi connectivity index (χ2n) is 5.16. The molecule has 140 valence electrons. The molecule has 0 aliphatic heterocycles. The number of amides is 2. The fourth-order valence-electron chi connectivity index (χ4n) is 2.12. The lowest BCUT2D eigenvalue weighted by atomic mass is 10.2. The van der Waals surface area contributed by atoms with Crippen molar-refractivity contribution in [3.05, 3.63) is 54.1 Å². The Morgan fingerprint density at radius 3 is 2.69 bits per heavy atom. The van der Waals surface area contributed by atoms with Crippen LogP contribution >= 0.6 is 0 Å². The highest BCUT2D eigenvalue weighted by atomic mass is 19.3. The van der Waals surface area contributed by atoms with E-state index in [9.17, 15) is 13.6 Å². The van der Waals surface area contributed by atoms with Gasteiger partial charge in [0.25, 0.3) is 0 Å². The number of hydrogen-bond acceptors (Lipinski definition) is 4. The predicted molar refractivity (Wildman–Crippen MR) is 92.7 cm³/mol. The molecule has 0 saturated heterocycles. The summed E-state index contributed by atoms with van der Waals surface area (Å²) in [5, 5.41) is 5.25. The Kier molecular flexibility index (Phi) is 7.63. The average molecular weight is 366 g/mol. The van der Waals surface area contributed by atoms with Gasteiger partial charge in [-0.25, -0.2) is 4.79 Å². The van der Waals surface area contributed by atoms with Crippen LogP contribution in [0.5, 0.6) is 11.5 Å². The first kappa shape index (κ1) is 19.5. The summed E-state index contributed by atoms with van der Waals surface area (Å²) in [6.07, 6.45) is 0. The van der Waals surface area contributed by atoms with Crippen LogP contribution in [0.1, 0.15) is 5.56 Å². The van der Waals surface area contributed by atoms with Crippen molar-refractivity contribution >= 4 is 11.7 Å². The molecule has 0 spiro atoms. The molecule has 8 heteroatoms. The monoisotopic (exact) mass is 366 g/mol. The van der Waals surface area contributed by atoms with Gasteiger partial charge in [-0.1, -0.05) is 24.3 Å². The van der Waals surface area contributed by atoms with Crippen LogP contribution in [0.2, 0.25) is 0 Å². The number of carbonyl (C=O) groups excluding carboxylic acids is 1. The lowest BCUT2D eigenvalue weighted by molar-refractivity contribution is -0.0504. The number of hydrogen-bond donors (Lipinski definition) is 2. The SMILES string of the molecule is COCCOc1cccc(NC(=O)NCc2ccccc2OC(F)F)c1. The molecular weight excluding hydrogens is 346 g/mol. The maximum Gasteiger partial charge on any atom is 0.387 e. The molecule has 0 aliphatic carbocycles. The second-order valence-corrected chi connectivity index (χ2v) is 5.16. The molecule has 0 heterocycles. The highest BCUT2D eigenvalue weighted by Crippen LogP contribution is 2.20. The minimum Gasteiger partial charge on any atom is -0.491 e. The Morgan fingerprint density at radius 1 is 1.12 bits per heavy atom. The van der Waals surface area contributed by atoms with E-state index in [1.165, 1.54) is 6.07 Å². The fraction of sp³-hybridized carbons (Fsp3) is 0.278. The van der Waals surface area contributed by atoms with Gasteiger partial charge in [0.05, 0.1) is 6.61 Å². The largest absolute Gasteiger partial charge is 0.491 e. The van der Waals surface area contributed by atoms with E-state index in [4.69, 9.17) is 9.47 Å². The van der Waals surface area contributed by atoms with Gasteiger partial charge >= 0.3 is 12.6 Å². The van der Waals surface area contributed by atoms with Crippen LogP contribution in [0.3, 0.4) is 0 Å². The first-order valence-electron chi connectivity index (χ1n) is 7.88. The number of benzene rings is 2. The summed E-state index contributed by atoms with van der Waals surface area (Å²) >= 11 is 0. The van der Waals surface area contributed by atoms with Gasteiger partial charge in [-0.3, -0.25) is 0 Å². The van der Waals surface area contributed by atoms with Crippen molar-refractivity contribution in [2.75, 3.05) is 25.6 Å². The van der Waals surface area contributed by atoms with E-state index < -0.39 is 12.6 Å². The van der Waals surface area contributed by atoms with Gasteiger partial charge in [-0.2, -0.15) is 8.78 Å². The first-order chi connectivity index (χ1) is 12.6.